The Hall–Kier alpha value is -1.33. The van der Waals surface area contributed by atoms with Crippen LogP contribution in [0.15, 0.2) is 12.4 Å². The highest BCUT2D eigenvalue weighted by Crippen LogP contribution is 2.13. The molecular formula is C13H20ClN5. The van der Waals surface area contributed by atoms with Crippen molar-refractivity contribution in [2.75, 3.05) is 6.54 Å². The average Bonchev–Trinajstić information content (AvgIpc) is 3.02. The Labute approximate surface area is 118 Å². The van der Waals surface area contributed by atoms with Crippen LogP contribution in [0.25, 0.3) is 0 Å². The second-order valence-corrected chi connectivity index (χ2v) is 4.88. The van der Waals surface area contributed by atoms with Gasteiger partial charge >= 0.3 is 0 Å². The zero-order valence-electron chi connectivity index (χ0n) is 11.2. The molecule has 104 valence electrons. The summed E-state index contributed by atoms with van der Waals surface area (Å²) in [5, 5.41) is 3.91. The Balaban J connectivity index is 1.74. The molecule has 0 amide bonds. The summed E-state index contributed by atoms with van der Waals surface area (Å²) < 4.78 is 0. The number of unbranched alkanes of at least 4 members (excludes halogenated alkanes) is 1. The Bertz CT molecular complexity index is 477. The normalized spacial score (nSPS) is 11.1. The topological polar surface area (TPSA) is 69.4 Å². The van der Waals surface area contributed by atoms with E-state index in [-0.39, 0.29) is 0 Å². The number of aromatic amines is 2. The number of aromatic nitrogens is 4. The van der Waals surface area contributed by atoms with Crippen molar-refractivity contribution in [2.24, 2.45) is 0 Å². The molecule has 2 rings (SSSR count). The maximum absolute atomic E-state index is 6.10. The van der Waals surface area contributed by atoms with Gasteiger partial charge in [-0.05, 0) is 6.42 Å². The lowest BCUT2D eigenvalue weighted by Crippen LogP contribution is -2.17. The van der Waals surface area contributed by atoms with Crippen LogP contribution < -0.4 is 5.32 Å². The van der Waals surface area contributed by atoms with Crippen LogP contribution in [0.1, 0.15) is 37.1 Å². The molecule has 0 fully saturated rings. The first-order chi connectivity index (χ1) is 9.29. The molecule has 2 heterocycles. The van der Waals surface area contributed by atoms with E-state index in [1.807, 2.05) is 6.20 Å². The first-order valence-electron chi connectivity index (χ1n) is 6.71. The number of hydrogen-bond acceptors (Lipinski definition) is 3. The molecule has 0 radical (unpaired) electrons. The van der Waals surface area contributed by atoms with Crippen molar-refractivity contribution in [1.29, 1.82) is 0 Å². The second-order valence-electron chi connectivity index (χ2n) is 4.52. The smallest absolute Gasteiger partial charge is 0.151 e. The predicted molar refractivity (Wildman–Crippen MR) is 76.2 cm³/mol. The SMILES string of the molecule is CCCCc1nc(Cl)c(CNCCc2ncc[nH]2)[nH]1. The zero-order valence-corrected chi connectivity index (χ0v) is 11.9. The van der Waals surface area contributed by atoms with Crippen LogP contribution in [0.2, 0.25) is 5.15 Å². The molecule has 19 heavy (non-hydrogen) atoms. The highest BCUT2D eigenvalue weighted by molar-refractivity contribution is 6.30. The van der Waals surface area contributed by atoms with Crippen molar-refractivity contribution in [2.45, 2.75) is 39.2 Å². The molecule has 0 saturated heterocycles. The van der Waals surface area contributed by atoms with E-state index in [1.54, 1.807) is 6.20 Å². The minimum atomic E-state index is 0.580. The third kappa shape index (κ3) is 4.36. The van der Waals surface area contributed by atoms with Gasteiger partial charge in [-0.2, -0.15) is 0 Å². The molecule has 0 unspecified atom stereocenters. The van der Waals surface area contributed by atoms with Crippen LogP contribution in [0.4, 0.5) is 0 Å². The summed E-state index contributed by atoms with van der Waals surface area (Å²) in [5.41, 5.74) is 0.965. The van der Waals surface area contributed by atoms with Gasteiger partial charge in [0.15, 0.2) is 5.15 Å². The van der Waals surface area contributed by atoms with Crippen LogP contribution in [0.5, 0.6) is 0 Å². The van der Waals surface area contributed by atoms with Gasteiger partial charge in [0, 0.05) is 38.3 Å². The van der Waals surface area contributed by atoms with Crippen molar-refractivity contribution < 1.29 is 0 Å². The van der Waals surface area contributed by atoms with Crippen molar-refractivity contribution in [3.8, 4) is 0 Å². The lowest BCUT2D eigenvalue weighted by molar-refractivity contribution is 0.663. The second kappa shape index (κ2) is 7.31. The van der Waals surface area contributed by atoms with Gasteiger partial charge in [0.2, 0.25) is 0 Å². The summed E-state index contributed by atoms with van der Waals surface area (Å²) in [7, 11) is 0. The molecule has 0 bridgehead atoms. The highest BCUT2D eigenvalue weighted by atomic mass is 35.5. The fourth-order valence-electron chi connectivity index (χ4n) is 1.87. The highest BCUT2D eigenvalue weighted by Gasteiger charge is 2.07. The molecule has 3 N–H and O–H groups in total. The van der Waals surface area contributed by atoms with Gasteiger partial charge in [0.1, 0.15) is 11.6 Å². The molecule has 0 aliphatic carbocycles. The maximum atomic E-state index is 6.10. The van der Waals surface area contributed by atoms with Crippen molar-refractivity contribution >= 4 is 11.6 Å². The van der Waals surface area contributed by atoms with E-state index in [1.165, 1.54) is 0 Å². The van der Waals surface area contributed by atoms with E-state index in [2.05, 4.69) is 32.2 Å². The minimum absolute atomic E-state index is 0.580. The maximum Gasteiger partial charge on any atom is 0.151 e. The number of nitrogens with one attached hydrogen (secondary N) is 3. The summed E-state index contributed by atoms with van der Waals surface area (Å²) in [6.07, 6.45) is 7.73. The number of H-pyrrole nitrogens is 2. The average molecular weight is 282 g/mol. The van der Waals surface area contributed by atoms with Crippen molar-refractivity contribution in [3.05, 3.63) is 34.9 Å². The van der Waals surface area contributed by atoms with E-state index >= 15 is 0 Å². The minimum Gasteiger partial charge on any atom is -0.349 e. The van der Waals surface area contributed by atoms with Gasteiger partial charge in [0.25, 0.3) is 0 Å². The molecule has 0 aromatic carbocycles. The molecule has 2 aromatic rings. The number of hydrogen-bond donors (Lipinski definition) is 3. The van der Waals surface area contributed by atoms with Gasteiger partial charge in [-0.15, -0.1) is 0 Å². The van der Waals surface area contributed by atoms with Crippen LogP contribution in [0, 0.1) is 0 Å². The van der Waals surface area contributed by atoms with E-state index in [9.17, 15) is 0 Å². The number of halogens is 1. The summed E-state index contributed by atoms with van der Waals surface area (Å²) in [6.45, 7) is 3.73. The van der Waals surface area contributed by atoms with Crippen LogP contribution in [-0.4, -0.2) is 26.5 Å². The van der Waals surface area contributed by atoms with Crippen molar-refractivity contribution in [1.82, 2.24) is 25.3 Å². The Morgan fingerprint density at radius 2 is 2.21 bits per heavy atom. The first-order valence-corrected chi connectivity index (χ1v) is 7.09. The quantitative estimate of drug-likeness (QED) is 0.651. The largest absolute Gasteiger partial charge is 0.349 e. The van der Waals surface area contributed by atoms with E-state index in [4.69, 9.17) is 11.6 Å². The summed E-state index contributed by atoms with van der Waals surface area (Å²) >= 11 is 6.10. The number of aryl methyl sites for hydroxylation is 1. The van der Waals surface area contributed by atoms with Crippen LogP contribution >= 0.6 is 11.6 Å². The third-order valence-electron chi connectivity index (χ3n) is 2.94. The lowest BCUT2D eigenvalue weighted by Gasteiger charge is -2.01. The van der Waals surface area contributed by atoms with E-state index < -0.39 is 0 Å². The summed E-state index contributed by atoms with van der Waals surface area (Å²) in [6, 6.07) is 0. The number of rotatable bonds is 8. The predicted octanol–water partition coefficient (Wildman–Crippen LogP) is 2.46. The molecule has 0 atom stereocenters. The van der Waals surface area contributed by atoms with Gasteiger partial charge in [-0.25, -0.2) is 9.97 Å². The molecule has 0 spiro atoms. The summed E-state index contributed by atoms with van der Waals surface area (Å²) in [5.74, 6) is 1.97. The number of nitrogens with zero attached hydrogens (tertiary/aromatic N) is 2. The fourth-order valence-corrected chi connectivity index (χ4v) is 2.09. The van der Waals surface area contributed by atoms with E-state index in [0.29, 0.717) is 11.7 Å². The van der Waals surface area contributed by atoms with Gasteiger partial charge in [-0.3, -0.25) is 0 Å². The Kier molecular flexibility index (Phi) is 5.42. The fraction of sp³-hybridized carbons (Fsp3) is 0.538. The standard InChI is InChI=1S/C13H20ClN5/c1-2-3-4-12-18-10(13(14)19-12)9-15-6-5-11-16-7-8-17-11/h7-8,15H,2-6,9H2,1H3,(H,16,17)(H,18,19). The molecule has 0 saturated carbocycles. The Morgan fingerprint density at radius 1 is 1.32 bits per heavy atom. The summed E-state index contributed by atoms with van der Waals surface area (Å²) in [4.78, 5) is 14.9. The Morgan fingerprint density at radius 3 is 2.95 bits per heavy atom. The molecule has 5 nitrogen and oxygen atoms in total. The van der Waals surface area contributed by atoms with Gasteiger partial charge in [-0.1, -0.05) is 24.9 Å². The van der Waals surface area contributed by atoms with Gasteiger partial charge in [0.05, 0.1) is 5.69 Å². The molecule has 2 aromatic heterocycles. The number of imidazole rings is 2. The third-order valence-corrected chi connectivity index (χ3v) is 3.25. The zero-order chi connectivity index (χ0) is 13.5. The monoisotopic (exact) mass is 281 g/mol. The molecule has 0 aliphatic heterocycles. The first kappa shape index (κ1) is 14.1. The van der Waals surface area contributed by atoms with Gasteiger partial charge < -0.3 is 15.3 Å². The lowest BCUT2D eigenvalue weighted by atomic mass is 10.2. The molecular weight excluding hydrogens is 262 g/mol. The van der Waals surface area contributed by atoms with Crippen LogP contribution in [-0.2, 0) is 19.4 Å². The van der Waals surface area contributed by atoms with Crippen LogP contribution in [0.3, 0.4) is 0 Å². The molecule has 0 aliphatic rings. The van der Waals surface area contributed by atoms with E-state index in [0.717, 1.165) is 49.6 Å². The van der Waals surface area contributed by atoms with Crippen molar-refractivity contribution in [3.63, 3.8) is 0 Å². The molecule has 6 heteroatoms.